The number of ether oxygens (including phenoxy) is 1. The Hall–Kier alpha value is -2.09. The van der Waals surface area contributed by atoms with Gasteiger partial charge in [0.05, 0.1) is 6.61 Å². The van der Waals surface area contributed by atoms with Crippen molar-refractivity contribution in [1.29, 1.82) is 0 Å². The van der Waals surface area contributed by atoms with Gasteiger partial charge < -0.3 is 9.84 Å². The smallest absolute Gasteiger partial charge is 0.325 e. The highest BCUT2D eigenvalue weighted by atomic mass is 32.2. The summed E-state index contributed by atoms with van der Waals surface area (Å²) in [5, 5.41) is 20.3. The average Bonchev–Trinajstić information content (AvgIpc) is 3.02. The number of fused-ring (bicyclic) bond motifs is 1. The molecule has 2 heterocycles. The lowest BCUT2D eigenvalue weighted by Crippen LogP contribution is -2.12. The number of benzene rings is 1. The third-order valence-corrected chi connectivity index (χ3v) is 4.12. The lowest BCUT2D eigenvalue weighted by atomic mass is 10.0. The van der Waals surface area contributed by atoms with E-state index in [1.165, 1.54) is 22.0 Å². The summed E-state index contributed by atoms with van der Waals surface area (Å²) in [5.41, 5.74) is 1.18. The van der Waals surface area contributed by atoms with Crippen molar-refractivity contribution < 1.29 is 14.6 Å². The zero-order valence-electron chi connectivity index (χ0n) is 10.5. The van der Waals surface area contributed by atoms with Crippen LogP contribution in [0.2, 0.25) is 0 Å². The van der Waals surface area contributed by atoms with Crippen LogP contribution >= 0.6 is 11.8 Å². The zero-order valence-corrected chi connectivity index (χ0v) is 11.3. The van der Waals surface area contributed by atoms with E-state index in [0.29, 0.717) is 11.8 Å². The number of rotatable bonds is 5. The molecule has 0 radical (unpaired) electrons. The molecular weight excluding hydrogens is 280 g/mol. The minimum absolute atomic E-state index is 0.229. The van der Waals surface area contributed by atoms with Gasteiger partial charge in [-0.1, -0.05) is 30.0 Å². The topological polar surface area (TPSA) is 90.1 Å². The molecule has 8 heteroatoms. The molecule has 1 aromatic carbocycles. The number of para-hydroxylation sites is 1. The second-order valence-corrected chi connectivity index (χ2v) is 5.36. The summed E-state index contributed by atoms with van der Waals surface area (Å²) in [6.45, 7) is 0.403. The lowest BCUT2D eigenvalue weighted by Gasteiger charge is -2.07. The van der Waals surface area contributed by atoms with E-state index >= 15 is 0 Å². The first kappa shape index (κ1) is 12.9. The molecule has 1 aliphatic rings. The second-order valence-electron chi connectivity index (χ2n) is 4.37. The van der Waals surface area contributed by atoms with E-state index in [2.05, 4.69) is 15.5 Å². The Labute approximate surface area is 118 Å². The van der Waals surface area contributed by atoms with Crippen LogP contribution in [0.3, 0.4) is 0 Å². The summed E-state index contributed by atoms with van der Waals surface area (Å²) in [7, 11) is 0. The van der Waals surface area contributed by atoms with Crippen LogP contribution < -0.4 is 4.74 Å². The zero-order chi connectivity index (χ0) is 13.9. The van der Waals surface area contributed by atoms with Crippen molar-refractivity contribution in [1.82, 2.24) is 20.2 Å². The van der Waals surface area contributed by atoms with E-state index in [9.17, 15) is 4.79 Å². The molecule has 1 unspecified atom stereocenters. The fraction of sp³-hybridized carbons (Fsp3) is 0.333. The molecule has 0 saturated heterocycles. The Morgan fingerprint density at radius 1 is 1.50 bits per heavy atom. The molecule has 0 spiro atoms. The number of carboxylic acid groups (broad SMARTS) is 1. The quantitative estimate of drug-likeness (QED) is 0.823. The molecule has 7 nitrogen and oxygen atoms in total. The molecule has 0 aliphatic carbocycles. The third kappa shape index (κ3) is 2.60. The van der Waals surface area contributed by atoms with E-state index in [-0.39, 0.29) is 12.5 Å². The van der Waals surface area contributed by atoms with Crippen LogP contribution in [0.1, 0.15) is 11.5 Å². The first-order valence-electron chi connectivity index (χ1n) is 6.06. The first-order valence-corrected chi connectivity index (χ1v) is 7.05. The van der Waals surface area contributed by atoms with Gasteiger partial charge >= 0.3 is 5.97 Å². The summed E-state index contributed by atoms with van der Waals surface area (Å²) in [4.78, 5) is 10.7. The normalized spacial score (nSPS) is 16.7. The van der Waals surface area contributed by atoms with E-state index in [1.54, 1.807) is 0 Å². The molecule has 0 saturated carbocycles. The number of hydrogen-bond acceptors (Lipinski definition) is 6. The minimum Gasteiger partial charge on any atom is -0.493 e. The van der Waals surface area contributed by atoms with Crippen LogP contribution in [0.15, 0.2) is 29.4 Å². The summed E-state index contributed by atoms with van der Waals surface area (Å²) in [5.74, 6) is 0.972. The Morgan fingerprint density at radius 3 is 3.20 bits per heavy atom. The average molecular weight is 292 g/mol. The first-order chi connectivity index (χ1) is 9.74. The van der Waals surface area contributed by atoms with Crippen LogP contribution in [-0.4, -0.2) is 43.6 Å². The number of carboxylic acids is 1. The molecule has 1 aliphatic heterocycles. The van der Waals surface area contributed by atoms with Crippen molar-refractivity contribution in [3.63, 3.8) is 0 Å². The number of hydrogen-bond donors (Lipinski definition) is 1. The van der Waals surface area contributed by atoms with Gasteiger partial charge in [0.25, 0.3) is 0 Å². The number of tetrazole rings is 1. The Balaban J connectivity index is 1.66. The Morgan fingerprint density at radius 2 is 2.35 bits per heavy atom. The molecule has 1 atom stereocenters. The van der Waals surface area contributed by atoms with Gasteiger partial charge in [-0.25, -0.2) is 4.68 Å². The van der Waals surface area contributed by atoms with Gasteiger partial charge in [-0.05, 0) is 16.5 Å². The van der Waals surface area contributed by atoms with E-state index < -0.39 is 5.97 Å². The molecule has 0 amide bonds. The maximum absolute atomic E-state index is 10.7. The number of aliphatic carboxylic acids is 1. The van der Waals surface area contributed by atoms with Crippen LogP contribution in [0.5, 0.6) is 5.75 Å². The minimum atomic E-state index is -0.964. The fourth-order valence-electron chi connectivity index (χ4n) is 2.07. The lowest BCUT2D eigenvalue weighted by molar-refractivity contribution is -0.138. The van der Waals surface area contributed by atoms with Crippen LogP contribution in [0, 0.1) is 0 Å². The summed E-state index contributed by atoms with van der Waals surface area (Å²) in [6, 6.07) is 7.93. The summed E-state index contributed by atoms with van der Waals surface area (Å²) in [6.07, 6.45) is 0. The second kappa shape index (κ2) is 5.49. The highest BCUT2D eigenvalue weighted by Gasteiger charge is 2.24. The predicted molar refractivity (Wildman–Crippen MR) is 70.9 cm³/mol. The fourth-order valence-corrected chi connectivity index (χ4v) is 3.04. The molecule has 20 heavy (non-hydrogen) atoms. The van der Waals surface area contributed by atoms with Gasteiger partial charge in [0.1, 0.15) is 12.3 Å². The molecule has 0 bridgehead atoms. The Kier molecular flexibility index (Phi) is 3.55. The van der Waals surface area contributed by atoms with Crippen molar-refractivity contribution >= 4 is 17.7 Å². The number of thioether (sulfide) groups is 1. The molecular formula is C12H12N4O3S. The van der Waals surface area contributed by atoms with Crippen LogP contribution in [0.4, 0.5) is 0 Å². The maximum atomic E-state index is 10.7. The van der Waals surface area contributed by atoms with Gasteiger partial charge in [-0.3, -0.25) is 4.79 Å². The summed E-state index contributed by atoms with van der Waals surface area (Å²) < 4.78 is 6.90. The monoisotopic (exact) mass is 292 g/mol. The SMILES string of the molecule is O=C(O)Cn1nnnc1SCC1COc2ccccc21. The molecule has 104 valence electrons. The molecule has 2 aromatic rings. The summed E-state index contributed by atoms with van der Waals surface area (Å²) >= 11 is 1.44. The van der Waals surface area contributed by atoms with Gasteiger partial charge in [0.15, 0.2) is 0 Å². The van der Waals surface area contributed by atoms with Gasteiger partial charge in [-0.15, -0.1) is 5.10 Å². The van der Waals surface area contributed by atoms with Crippen LogP contribution in [0.25, 0.3) is 0 Å². The molecule has 3 rings (SSSR count). The van der Waals surface area contributed by atoms with Gasteiger partial charge in [-0.2, -0.15) is 0 Å². The molecule has 1 N–H and O–H groups in total. The molecule has 0 fully saturated rings. The van der Waals surface area contributed by atoms with E-state index in [1.807, 2.05) is 24.3 Å². The maximum Gasteiger partial charge on any atom is 0.325 e. The van der Waals surface area contributed by atoms with E-state index in [4.69, 9.17) is 9.84 Å². The largest absolute Gasteiger partial charge is 0.493 e. The molecule has 1 aromatic heterocycles. The third-order valence-electron chi connectivity index (χ3n) is 3.00. The van der Waals surface area contributed by atoms with E-state index in [0.717, 1.165) is 11.5 Å². The van der Waals surface area contributed by atoms with Gasteiger partial charge in [0.2, 0.25) is 5.16 Å². The van der Waals surface area contributed by atoms with Crippen molar-refractivity contribution in [3.05, 3.63) is 29.8 Å². The number of aromatic nitrogens is 4. The number of nitrogens with zero attached hydrogens (tertiary/aromatic N) is 4. The highest BCUT2D eigenvalue weighted by molar-refractivity contribution is 7.99. The van der Waals surface area contributed by atoms with Crippen molar-refractivity contribution in [2.75, 3.05) is 12.4 Å². The highest BCUT2D eigenvalue weighted by Crippen LogP contribution is 2.36. The Bertz CT molecular complexity index is 631. The van der Waals surface area contributed by atoms with Gasteiger partial charge in [0, 0.05) is 17.2 Å². The standard InChI is InChI=1S/C12H12N4O3S/c17-11(18)5-16-12(13-14-15-16)20-7-8-6-19-10-4-2-1-3-9(8)10/h1-4,8H,5-7H2,(H,17,18). The van der Waals surface area contributed by atoms with Crippen molar-refractivity contribution in [3.8, 4) is 5.75 Å². The predicted octanol–water partition coefficient (Wildman–Crippen LogP) is 1.03. The number of carbonyl (C=O) groups is 1. The van der Waals surface area contributed by atoms with Crippen LogP contribution in [-0.2, 0) is 11.3 Å². The van der Waals surface area contributed by atoms with Crippen molar-refractivity contribution in [2.45, 2.75) is 17.6 Å². The van der Waals surface area contributed by atoms with Crippen molar-refractivity contribution in [2.24, 2.45) is 0 Å².